The second-order valence-corrected chi connectivity index (χ2v) is 12.1. The van der Waals surface area contributed by atoms with Crippen molar-refractivity contribution in [2.75, 3.05) is 35.5 Å². The molecule has 1 saturated heterocycles. The van der Waals surface area contributed by atoms with E-state index in [-0.39, 0.29) is 16.7 Å². The minimum Gasteiger partial charge on any atom is -0.326 e. The highest BCUT2D eigenvalue weighted by atomic mass is 32.2. The first-order chi connectivity index (χ1) is 15.2. The van der Waals surface area contributed by atoms with Crippen molar-refractivity contribution in [3.63, 3.8) is 0 Å². The van der Waals surface area contributed by atoms with Crippen molar-refractivity contribution in [1.82, 2.24) is 4.31 Å². The number of carbonyl (C=O) groups is 1. The Bertz CT molecular complexity index is 1210. The van der Waals surface area contributed by atoms with Gasteiger partial charge in [0.2, 0.25) is 15.9 Å². The molecule has 2 aromatic rings. The highest BCUT2D eigenvalue weighted by molar-refractivity contribution is 7.92. The smallest absolute Gasteiger partial charge is 0.264 e. The van der Waals surface area contributed by atoms with E-state index in [1.54, 1.807) is 42.5 Å². The van der Waals surface area contributed by atoms with Gasteiger partial charge in [0.15, 0.2) is 0 Å². The van der Waals surface area contributed by atoms with Gasteiger partial charge in [-0.15, -0.1) is 0 Å². The number of piperidine rings is 1. The molecular formula is C22H27N3O5S2. The predicted molar refractivity (Wildman–Crippen MR) is 124 cm³/mol. The van der Waals surface area contributed by atoms with Crippen molar-refractivity contribution in [1.29, 1.82) is 0 Å². The minimum atomic E-state index is -3.65. The Morgan fingerprint density at radius 3 is 2.31 bits per heavy atom. The average molecular weight is 478 g/mol. The molecule has 0 aromatic heterocycles. The molecule has 0 spiro atoms. The van der Waals surface area contributed by atoms with E-state index in [9.17, 15) is 21.6 Å². The minimum absolute atomic E-state index is 0.136. The number of anilines is 2. The number of hydrogen-bond acceptors (Lipinski definition) is 5. The third kappa shape index (κ3) is 4.67. The first-order valence-electron chi connectivity index (χ1n) is 10.6. The highest BCUT2D eigenvalue weighted by Gasteiger charge is 2.31. The number of fused-ring (bicyclic) bond motifs is 1. The van der Waals surface area contributed by atoms with Crippen LogP contribution in [0.15, 0.2) is 53.4 Å². The second kappa shape index (κ2) is 8.84. The van der Waals surface area contributed by atoms with E-state index in [0.717, 1.165) is 12.0 Å². The van der Waals surface area contributed by atoms with Crippen molar-refractivity contribution in [3.05, 3.63) is 54.1 Å². The van der Waals surface area contributed by atoms with Gasteiger partial charge in [0.1, 0.15) is 0 Å². The fourth-order valence-electron chi connectivity index (χ4n) is 4.30. The summed E-state index contributed by atoms with van der Waals surface area (Å²) in [4.78, 5) is 13.0. The Kier molecular flexibility index (Phi) is 6.28. The Morgan fingerprint density at radius 1 is 0.969 bits per heavy atom. The molecule has 8 nitrogen and oxygen atoms in total. The lowest BCUT2D eigenvalue weighted by Gasteiger charge is -2.31. The van der Waals surface area contributed by atoms with E-state index in [2.05, 4.69) is 5.32 Å². The molecule has 0 bridgehead atoms. The zero-order valence-corrected chi connectivity index (χ0v) is 19.5. The van der Waals surface area contributed by atoms with Crippen molar-refractivity contribution < 1.29 is 21.6 Å². The van der Waals surface area contributed by atoms with Gasteiger partial charge in [0.25, 0.3) is 10.0 Å². The summed E-state index contributed by atoms with van der Waals surface area (Å²) >= 11 is 0. The molecule has 0 unspecified atom stereocenters. The number of benzene rings is 2. The number of aryl methyl sites for hydroxylation is 1. The first kappa shape index (κ1) is 22.8. The van der Waals surface area contributed by atoms with Gasteiger partial charge in [-0.2, -0.15) is 0 Å². The fraction of sp³-hybridized carbons (Fsp3) is 0.409. The maximum atomic E-state index is 13.1. The lowest BCUT2D eigenvalue weighted by Crippen LogP contribution is -2.40. The summed E-state index contributed by atoms with van der Waals surface area (Å²) in [6.45, 7) is 1.09. The van der Waals surface area contributed by atoms with Gasteiger partial charge in [-0.05, 0) is 61.6 Å². The monoisotopic (exact) mass is 477 g/mol. The van der Waals surface area contributed by atoms with Crippen LogP contribution in [-0.4, -0.2) is 52.9 Å². The summed E-state index contributed by atoms with van der Waals surface area (Å²) in [6.07, 6.45) is 3.56. The molecule has 1 amide bonds. The molecule has 2 heterocycles. The van der Waals surface area contributed by atoms with E-state index in [4.69, 9.17) is 0 Å². The molecule has 10 heteroatoms. The standard InChI is InChI=1S/C22H27N3O5S2/c1-31(27,28)24-14-11-17(12-15-24)22(26)23-19-9-10-21-18(16-19)6-5-13-25(21)32(29,30)20-7-3-2-4-8-20/h2-4,7-10,16-17H,5-6,11-15H2,1H3,(H,23,26). The summed E-state index contributed by atoms with van der Waals surface area (Å²) < 4.78 is 52.4. The summed E-state index contributed by atoms with van der Waals surface area (Å²) in [6, 6.07) is 13.7. The fourth-order valence-corrected chi connectivity index (χ4v) is 6.74. The Balaban J connectivity index is 1.48. The molecule has 4 rings (SSSR count). The van der Waals surface area contributed by atoms with E-state index in [1.807, 2.05) is 6.07 Å². The van der Waals surface area contributed by atoms with Crippen LogP contribution in [0, 0.1) is 5.92 Å². The van der Waals surface area contributed by atoms with Gasteiger partial charge >= 0.3 is 0 Å². The number of nitrogens with zero attached hydrogens (tertiary/aromatic N) is 2. The van der Waals surface area contributed by atoms with Crippen molar-refractivity contribution in [3.8, 4) is 0 Å². The van der Waals surface area contributed by atoms with Crippen LogP contribution in [0.2, 0.25) is 0 Å². The summed E-state index contributed by atoms with van der Waals surface area (Å²) in [5, 5.41) is 2.93. The molecule has 0 atom stereocenters. The molecule has 0 aliphatic carbocycles. The van der Waals surface area contributed by atoms with Gasteiger partial charge in [0, 0.05) is 31.2 Å². The first-order valence-corrected chi connectivity index (χ1v) is 13.9. The van der Waals surface area contributed by atoms with E-state index < -0.39 is 20.0 Å². The number of rotatable bonds is 5. The highest BCUT2D eigenvalue weighted by Crippen LogP contribution is 2.34. The second-order valence-electron chi connectivity index (χ2n) is 8.26. The maximum absolute atomic E-state index is 13.1. The number of nitrogens with one attached hydrogen (secondary N) is 1. The molecule has 172 valence electrons. The van der Waals surface area contributed by atoms with Gasteiger partial charge in [-0.3, -0.25) is 9.10 Å². The topological polar surface area (TPSA) is 104 Å². The molecule has 1 N–H and O–H groups in total. The number of carbonyl (C=O) groups excluding carboxylic acids is 1. The van der Waals surface area contributed by atoms with E-state index in [0.29, 0.717) is 50.3 Å². The number of hydrogen-bond donors (Lipinski definition) is 1. The average Bonchev–Trinajstić information content (AvgIpc) is 2.78. The largest absolute Gasteiger partial charge is 0.326 e. The zero-order chi connectivity index (χ0) is 22.9. The molecule has 2 aliphatic heterocycles. The van der Waals surface area contributed by atoms with Crippen LogP contribution in [0.3, 0.4) is 0 Å². The SMILES string of the molecule is CS(=O)(=O)N1CCC(C(=O)Nc2ccc3c(c2)CCCN3S(=O)(=O)c2ccccc2)CC1. The van der Waals surface area contributed by atoms with Gasteiger partial charge in [-0.25, -0.2) is 21.1 Å². The molecule has 0 saturated carbocycles. The summed E-state index contributed by atoms with van der Waals surface area (Å²) in [5.41, 5.74) is 2.14. The normalized spacial score (nSPS) is 18.2. The Labute approximate surface area is 189 Å². The van der Waals surface area contributed by atoms with Crippen LogP contribution in [0.1, 0.15) is 24.8 Å². The molecular weight excluding hydrogens is 450 g/mol. The Morgan fingerprint density at radius 2 is 1.66 bits per heavy atom. The summed E-state index contributed by atoms with van der Waals surface area (Å²) in [5.74, 6) is -0.387. The van der Waals surface area contributed by atoms with Crippen LogP contribution in [-0.2, 0) is 31.3 Å². The van der Waals surface area contributed by atoms with Gasteiger partial charge in [-0.1, -0.05) is 18.2 Å². The molecule has 0 radical (unpaired) electrons. The Hall–Kier alpha value is -2.43. The summed E-state index contributed by atoms with van der Waals surface area (Å²) in [7, 11) is -6.89. The molecule has 2 aromatic carbocycles. The number of amides is 1. The van der Waals surface area contributed by atoms with Crippen LogP contribution in [0.25, 0.3) is 0 Å². The van der Waals surface area contributed by atoms with E-state index >= 15 is 0 Å². The van der Waals surface area contributed by atoms with Crippen LogP contribution < -0.4 is 9.62 Å². The predicted octanol–water partition coefficient (Wildman–Crippen LogP) is 2.44. The molecule has 32 heavy (non-hydrogen) atoms. The quantitative estimate of drug-likeness (QED) is 0.712. The van der Waals surface area contributed by atoms with Crippen LogP contribution in [0.5, 0.6) is 0 Å². The van der Waals surface area contributed by atoms with Crippen LogP contribution >= 0.6 is 0 Å². The zero-order valence-electron chi connectivity index (χ0n) is 17.9. The molecule has 1 fully saturated rings. The van der Waals surface area contributed by atoms with Crippen molar-refractivity contribution >= 4 is 37.3 Å². The van der Waals surface area contributed by atoms with Crippen LogP contribution in [0.4, 0.5) is 11.4 Å². The van der Waals surface area contributed by atoms with Crippen molar-refractivity contribution in [2.45, 2.75) is 30.6 Å². The van der Waals surface area contributed by atoms with Crippen molar-refractivity contribution in [2.24, 2.45) is 5.92 Å². The maximum Gasteiger partial charge on any atom is 0.264 e. The third-order valence-electron chi connectivity index (χ3n) is 6.05. The van der Waals surface area contributed by atoms with Gasteiger partial charge < -0.3 is 5.32 Å². The third-order valence-corrected chi connectivity index (χ3v) is 9.18. The lowest BCUT2D eigenvalue weighted by molar-refractivity contribution is -0.120. The van der Waals surface area contributed by atoms with Gasteiger partial charge in [0.05, 0.1) is 16.8 Å². The van der Waals surface area contributed by atoms with E-state index in [1.165, 1.54) is 14.9 Å². The number of sulfonamides is 2. The molecule has 2 aliphatic rings. The lowest BCUT2D eigenvalue weighted by atomic mass is 9.97.